The maximum atomic E-state index is 11.5. The van der Waals surface area contributed by atoms with Crippen LogP contribution in [-0.2, 0) is 9.53 Å². The lowest BCUT2D eigenvalue weighted by Crippen LogP contribution is -2.51. The minimum absolute atomic E-state index is 0.888. The van der Waals surface area contributed by atoms with E-state index in [1.54, 1.807) is 0 Å². The lowest BCUT2D eigenvalue weighted by Gasteiger charge is -2.29. The number of hydrogen-bond donors (Lipinski definition) is 10. The van der Waals surface area contributed by atoms with Crippen LogP contribution in [0, 0.1) is 0 Å². The SMILES string of the molecule is O=C(OC(O)[C@H](O)[C@@H](O)[C@H](O)[C@H](O)CO)C(S)C(S)(S)S. The molecule has 0 aromatic heterocycles. The molecule has 0 fully saturated rings. The molecule has 0 radical (unpaired) electrons. The van der Waals surface area contributed by atoms with Crippen molar-refractivity contribution in [2.24, 2.45) is 0 Å². The number of thiol groups is 4. The Bertz CT molecular complexity index is 338. The minimum Gasteiger partial charge on any atom is -0.432 e. The molecule has 0 spiro atoms. The first-order valence-corrected chi connectivity index (χ1v) is 7.36. The zero-order chi connectivity index (χ0) is 17.0. The topological polar surface area (TPSA) is 148 Å². The predicted octanol–water partition coefficient (Wildman–Crippen LogP) is -2.97. The van der Waals surface area contributed by atoms with E-state index in [9.17, 15) is 25.2 Å². The number of esters is 1. The van der Waals surface area contributed by atoms with Crippen molar-refractivity contribution in [3.8, 4) is 0 Å². The second-order valence-electron chi connectivity index (χ2n) is 4.14. The van der Waals surface area contributed by atoms with Crippen molar-refractivity contribution in [1.29, 1.82) is 0 Å². The van der Waals surface area contributed by atoms with E-state index in [0.717, 1.165) is 0 Å². The summed E-state index contributed by atoms with van der Waals surface area (Å²) >= 11 is 15.3. The molecule has 0 amide bonds. The molecule has 126 valence electrons. The van der Waals surface area contributed by atoms with Crippen LogP contribution in [0.5, 0.6) is 0 Å². The quantitative estimate of drug-likeness (QED) is 0.122. The molecule has 0 saturated heterocycles. The van der Waals surface area contributed by atoms with Gasteiger partial charge < -0.3 is 35.4 Å². The Morgan fingerprint density at radius 2 is 1.48 bits per heavy atom. The van der Waals surface area contributed by atoms with Crippen LogP contribution in [0.15, 0.2) is 0 Å². The Labute approximate surface area is 142 Å². The molecule has 0 saturated carbocycles. The fraction of sp³-hybridized carbons (Fsp3) is 0.889. The monoisotopic (exact) mass is 382 g/mol. The molecular formula is C9H18O8S4. The first-order valence-electron chi connectivity index (χ1n) is 5.50. The van der Waals surface area contributed by atoms with Crippen LogP contribution < -0.4 is 0 Å². The van der Waals surface area contributed by atoms with Crippen molar-refractivity contribution < 1.29 is 40.2 Å². The van der Waals surface area contributed by atoms with Gasteiger partial charge in [-0.3, -0.25) is 4.79 Å². The van der Waals surface area contributed by atoms with Gasteiger partial charge in [0, 0.05) is 0 Å². The largest absolute Gasteiger partial charge is 0.432 e. The first-order chi connectivity index (χ1) is 9.43. The number of aliphatic hydroxyl groups is 6. The van der Waals surface area contributed by atoms with Gasteiger partial charge in [-0.05, 0) is 0 Å². The highest BCUT2D eigenvalue weighted by Gasteiger charge is 2.39. The van der Waals surface area contributed by atoms with Crippen molar-refractivity contribution in [2.45, 2.75) is 39.4 Å². The second kappa shape index (κ2) is 9.05. The average Bonchev–Trinajstić information content (AvgIpc) is 2.41. The summed E-state index contributed by atoms with van der Waals surface area (Å²) in [5, 5.41) is 54.2. The normalized spacial score (nSPS) is 21.0. The molecule has 21 heavy (non-hydrogen) atoms. The molecule has 0 rings (SSSR count). The van der Waals surface area contributed by atoms with Crippen molar-refractivity contribution in [1.82, 2.24) is 0 Å². The smallest absolute Gasteiger partial charge is 0.324 e. The maximum absolute atomic E-state index is 11.5. The molecule has 0 aliphatic rings. The van der Waals surface area contributed by atoms with E-state index in [-0.39, 0.29) is 0 Å². The molecule has 2 unspecified atom stereocenters. The predicted molar refractivity (Wildman–Crippen MR) is 85.7 cm³/mol. The van der Waals surface area contributed by atoms with Gasteiger partial charge in [-0.25, -0.2) is 0 Å². The molecule has 0 aromatic carbocycles. The lowest BCUT2D eigenvalue weighted by molar-refractivity contribution is -0.213. The van der Waals surface area contributed by atoms with Crippen molar-refractivity contribution in [2.75, 3.05) is 6.61 Å². The van der Waals surface area contributed by atoms with Gasteiger partial charge in [0.2, 0.25) is 6.29 Å². The zero-order valence-electron chi connectivity index (χ0n) is 10.5. The van der Waals surface area contributed by atoms with E-state index < -0.39 is 51.9 Å². The standard InChI is InChI=1S/C9H18O8S4/c10-1-2(11)3(12)4(13)5(14)7(15)17-8(16)6(18)9(19,20)21/h2-7,10-15,18-21H,1H2/t2-,3-,4+,5-,6?,7?/m1/s1. The molecule has 0 heterocycles. The summed E-state index contributed by atoms with van der Waals surface area (Å²) in [6.45, 7) is -0.888. The van der Waals surface area contributed by atoms with Crippen LogP contribution in [0.1, 0.15) is 0 Å². The van der Waals surface area contributed by atoms with Gasteiger partial charge in [0.1, 0.15) is 33.1 Å². The summed E-state index contributed by atoms with van der Waals surface area (Å²) in [6, 6.07) is 0. The lowest BCUT2D eigenvalue weighted by atomic mass is 10.0. The summed E-state index contributed by atoms with van der Waals surface area (Å²) in [5.41, 5.74) is 0. The van der Waals surface area contributed by atoms with Crippen LogP contribution >= 0.6 is 50.5 Å². The van der Waals surface area contributed by atoms with Crippen molar-refractivity contribution in [3.05, 3.63) is 0 Å². The van der Waals surface area contributed by atoms with Gasteiger partial charge in [0.05, 0.1) is 6.61 Å². The van der Waals surface area contributed by atoms with Gasteiger partial charge in [0.25, 0.3) is 0 Å². The molecule has 8 nitrogen and oxygen atoms in total. The fourth-order valence-corrected chi connectivity index (χ4v) is 1.49. The summed E-state index contributed by atoms with van der Waals surface area (Å²) in [4.78, 5) is 11.5. The molecule has 0 aromatic rings. The summed E-state index contributed by atoms with van der Waals surface area (Å²) < 4.78 is 2.94. The Hall–Kier alpha value is 0.630. The van der Waals surface area contributed by atoms with E-state index in [1.165, 1.54) is 0 Å². The molecule has 0 aliphatic heterocycles. The van der Waals surface area contributed by atoms with E-state index >= 15 is 0 Å². The van der Waals surface area contributed by atoms with Gasteiger partial charge in [0.15, 0.2) is 0 Å². The zero-order valence-corrected chi connectivity index (χ0v) is 14.0. The number of ether oxygens (including phenoxy) is 1. The van der Waals surface area contributed by atoms with E-state index in [1.807, 2.05) is 0 Å². The maximum Gasteiger partial charge on any atom is 0.324 e. The number of carbonyl (C=O) groups excluding carboxylic acids is 1. The van der Waals surface area contributed by atoms with E-state index in [2.05, 4.69) is 55.3 Å². The fourth-order valence-electron chi connectivity index (χ4n) is 1.12. The number of rotatable bonds is 8. The summed E-state index contributed by atoms with van der Waals surface area (Å²) in [5.74, 6) is -1.14. The number of hydrogen-bond acceptors (Lipinski definition) is 12. The van der Waals surface area contributed by atoms with Gasteiger partial charge >= 0.3 is 5.97 Å². The van der Waals surface area contributed by atoms with Gasteiger partial charge in [-0.1, -0.05) is 0 Å². The highest BCUT2D eigenvalue weighted by molar-refractivity contribution is 8.18. The van der Waals surface area contributed by atoms with Crippen molar-refractivity contribution in [3.63, 3.8) is 0 Å². The molecule has 0 aliphatic carbocycles. The van der Waals surface area contributed by atoms with Crippen molar-refractivity contribution >= 4 is 56.5 Å². The first kappa shape index (κ1) is 21.6. The van der Waals surface area contributed by atoms with Gasteiger partial charge in [-0.15, -0.1) is 37.9 Å². The third-order valence-electron chi connectivity index (χ3n) is 2.40. The van der Waals surface area contributed by atoms with E-state index in [0.29, 0.717) is 0 Å². The molecule has 6 N–H and O–H groups in total. The second-order valence-corrected chi connectivity index (χ2v) is 7.83. The molecular weight excluding hydrogens is 364 g/mol. The number of aliphatic hydroxyl groups excluding tert-OH is 6. The third-order valence-corrected chi connectivity index (χ3v) is 4.38. The Kier molecular flexibility index (Phi) is 9.33. The highest BCUT2D eigenvalue weighted by Crippen LogP contribution is 2.33. The van der Waals surface area contributed by atoms with Crippen LogP contribution in [0.3, 0.4) is 0 Å². The molecule has 6 atom stereocenters. The van der Waals surface area contributed by atoms with Gasteiger partial charge in [-0.2, -0.15) is 12.6 Å². The van der Waals surface area contributed by atoms with Crippen LogP contribution in [0.2, 0.25) is 0 Å². The average molecular weight is 383 g/mol. The minimum atomic E-state index is -2.22. The van der Waals surface area contributed by atoms with Crippen LogP contribution in [0.4, 0.5) is 0 Å². The third kappa shape index (κ3) is 6.72. The summed E-state index contributed by atoms with van der Waals surface area (Å²) in [7, 11) is 0. The Balaban J connectivity index is 4.65. The van der Waals surface area contributed by atoms with E-state index in [4.69, 9.17) is 10.2 Å². The van der Waals surface area contributed by atoms with Crippen LogP contribution in [0.25, 0.3) is 0 Å². The highest BCUT2D eigenvalue weighted by atomic mass is 32.2. The number of carbonyl (C=O) groups is 1. The Morgan fingerprint density at radius 1 is 1.00 bits per heavy atom. The molecule has 0 bridgehead atoms. The van der Waals surface area contributed by atoms with Crippen LogP contribution in [-0.4, -0.2) is 82.6 Å². The Morgan fingerprint density at radius 3 is 1.86 bits per heavy atom. The summed E-state index contributed by atoms with van der Waals surface area (Å²) in [6.07, 6.45) is -10.2. The molecule has 12 heteroatoms.